The van der Waals surface area contributed by atoms with E-state index < -0.39 is 38.8 Å². The van der Waals surface area contributed by atoms with Gasteiger partial charge in [-0.15, -0.1) is 0 Å². The normalized spacial score (nSPS) is 21.5. The second-order valence-corrected chi connectivity index (χ2v) is 4.13. The second-order valence-electron chi connectivity index (χ2n) is 2.94. The van der Waals surface area contributed by atoms with Crippen LogP contribution in [0.3, 0.4) is 0 Å². The third-order valence-electron chi connectivity index (χ3n) is 1.64. The van der Waals surface area contributed by atoms with Crippen molar-refractivity contribution in [2.45, 2.75) is 24.4 Å². The molecule has 0 heterocycles. The molecular weight excluding hydrogens is 270 g/mol. The number of carbonyl (C=O) groups is 1. The van der Waals surface area contributed by atoms with Crippen molar-refractivity contribution in [1.29, 1.82) is 0 Å². The van der Waals surface area contributed by atoms with Gasteiger partial charge in [-0.05, 0) is 0 Å². The average Bonchev–Trinajstić information content (AvgIpc) is 2.21. The standard InChI is InChI=1S/C6H13O9P.Na/c7-1-3(8)5(10)6(11)4(9)2-15-16(12,13)14;/h1,3-6,8-11H,2H2,(H2,12,13,14);/q;+1/p-1. The number of rotatable bonds is 7. The van der Waals surface area contributed by atoms with E-state index in [1.807, 2.05) is 0 Å². The Morgan fingerprint density at radius 2 is 1.71 bits per heavy atom. The van der Waals surface area contributed by atoms with Crippen LogP contribution in [0.2, 0.25) is 0 Å². The Morgan fingerprint density at radius 3 is 2.06 bits per heavy atom. The maximum Gasteiger partial charge on any atom is 1.00 e. The zero-order chi connectivity index (χ0) is 12.9. The van der Waals surface area contributed by atoms with Gasteiger partial charge in [-0.1, -0.05) is 0 Å². The average molecular weight is 282 g/mol. The van der Waals surface area contributed by atoms with E-state index in [9.17, 15) is 14.3 Å². The van der Waals surface area contributed by atoms with Crippen molar-refractivity contribution in [1.82, 2.24) is 0 Å². The number of phosphoric acid groups is 1. The monoisotopic (exact) mass is 282 g/mol. The van der Waals surface area contributed by atoms with Gasteiger partial charge in [-0.2, -0.15) is 0 Å². The number of carbonyl (C=O) groups excluding carboxylic acids is 1. The number of hydrogen-bond acceptors (Lipinski definition) is 8. The molecule has 0 aliphatic heterocycles. The number of phosphoric ester groups is 1. The molecule has 0 saturated heterocycles. The molecule has 0 radical (unpaired) electrons. The van der Waals surface area contributed by atoms with E-state index >= 15 is 0 Å². The Labute approximate surface area is 119 Å². The first-order chi connectivity index (χ1) is 7.19. The summed E-state index contributed by atoms with van der Waals surface area (Å²) in [6.45, 7) is -1.03. The molecule has 0 saturated carbocycles. The molecule has 5 atom stereocenters. The molecule has 96 valence electrons. The summed E-state index contributed by atoms with van der Waals surface area (Å²) >= 11 is 0. The van der Waals surface area contributed by atoms with Crippen molar-refractivity contribution in [3.05, 3.63) is 0 Å². The fourth-order valence-electron chi connectivity index (χ4n) is 0.779. The molecule has 9 nitrogen and oxygen atoms in total. The van der Waals surface area contributed by atoms with E-state index in [2.05, 4.69) is 4.52 Å². The molecule has 5 N–H and O–H groups in total. The van der Waals surface area contributed by atoms with E-state index in [4.69, 9.17) is 25.3 Å². The number of aliphatic hydroxyl groups excluding tert-OH is 4. The Morgan fingerprint density at radius 1 is 1.24 bits per heavy atom. The van der Waals surface area contributed by atoms with Crippen LogP contribution in [-0.2, 0) is 13.9 Å². The molecular formula is C6H12NaO9P. The summed E-state index contributed by atoms with van der Waals surface area (Å²) in [5, 5.41) is 36.0. The smallest absolute Gasteiger partial charge is 0.756 e. The maximum atomic E-state index is 10.1. The molecule has 0 fully saturated rings. The van der Waals surface area contributed by atoms with Crippen LogP contribution in [0.4, 0.5) is 0 Å². The van der Waals surface area contributed by atoms with Crippen LogP contribution >= 0.6 is 7.82 Å². The fourth-order valence-corrected chi connectivity index (χ4v) is 1.12. The fraction of sp³-hybridized carbons (Fsp3) is 0.833. The third kappa shape index (κ3) is 8.36. The summed E-state index contributed by atoms with van der Waals surface area (Å²) in [6.07, 6.45) is -7.92. The molecule has 17 heavy (non-hydrogen) atoms. The SMILES string of the molecule is O=CC(O)C(O)C(O)C(O)COP(=O)([O-])O.[Na+]. The van der Waals surface area contributed by atoms with Crippen LogP contribution in [0.1, 0.15) is 0 Å². The van der Waals surface area contributed by atoms with E-state index in [0.717, 1.165) is 0 Å². The molecule has 0 rings (SSSR count). The second kappa shape index (κ2) is 8.68. The maximum absolute atomic E-state index is 10.1. The van der Waals surface area contributed by atoms with Gasteiger partial charge in [-0.25, -0.2) is 0 Å². The Hall–Kier alpha value is 0.620. The Bertz CT molecular complexity index is 268. The van der Waals surface area contributed by atoms with Crippen LogP contribution in [0.25, 0.3) is 0 Å². The first-order valence-electron chi connectivity index (χ1n) is 4.05. The van der Waals surface area contributed by atoms with Crippen molar-refractivity contribution in [3.63, 3.8) is 0 Å². The first kappa shape index (κ1) is 19.9. The van der Waals surface area contributed by atoms with Gasteiger partial charge in [0.2, 0.25) is 0 Å². The summed E-state index contributed by atoms with van der Waals surface area (Å²) in [5.74, 6) is 0. The molecule has 0 spiro atoms. The predicted octanol–water partition coefficient (Wildman–Crippen LogP) is -6.89. The molecule has 11 heteroatoms. The van der Waals surface area contributed by atoms with Crippen molar-refractivity contribution in [2.75, 3.05) is 6.61 Å². The third-order valence-corrected chi connectivity index (χ3v) is 2.12. The number of hydrogen-bond donors (Lipinski definition) is 5. The topological polar surface area (TPSA) is 168 Å². The minimum Gasteiger partial charge on any atom is -0.756 e. The largest absolute Gasteiger partial charge is 1.00 e. The van der Waals surface area contributed by atoms with E-state index in [0.29, 0.717) is 0 Å². The summed E-state index contributed by atoms with van der Waals surface area (Å²) in [4.78, 5) is 28.3. The van der Waals surface area contributed by atoms with Gasteiger partial charge in [0.05, 0.1) is 6.61 Å². The van der Waals surface area contributed by atoms with E-state index in [1.54, 1.807) is 0 Å². The van der Waals surface area contributed by atoms with Gasteiger partial charge in [0, 0.05) is 0 Å². The predicted molar refractivity (Wildman–Crippen MR) is 45.9 cm³/mol. The van der Waals surface area contributed by atoms with E-state index in [-0.39, 0.29) is 35.8 Å². The van der Waals surface area contributed by atoms with Gasteiger partial charge in [-0.3, -0.25) is 4.57 Å². The zero-order valence-electron chi connectivity index (χ0n) is 8.91. The summed E-state index contributed by atoms with van der Waals surface area (Å²) < 4.78 is 13.9. The molecule has 0 aliphatic rings. The number of aliphatic hydroxyl groups is 4. The summed E-state index contributed by atoms with van der Waals surface area (Å²) in [6, 6.07) is 0. The molecule has 0 aromatic rings. The van der Waals surface area contributed by atoms with Crippen LogP contribution in [-0.4, -0.2) is 62.6 Å². The van der Waals surface area contributed by atoms with Crippen LogP contribution in [0.5, 0.6) is 0 Å². The van der Waals surface area contributed by atoms with Gasteiger partial charge in [0.25, 0.3) is 7.82 Å². The molecule has 0 aromatic carbocycles. The van der Waals surface area contributed by atoms with Crippen molar-refractivity contribution in [3.8, 4) is 0 Å². The van der Waals surface area contributed by atoms with Crippen LogP contribution in [0, 0.1) is 0 Å². The van der Waals surface area contributed by atoms with E-state index in [1.165, 1.54) is 0 Å². The molecule has 0 amide bonds. The Kier molecular flexibility index (Phi) is 10.2. The van der Waals surface area contributed by atoms with Crippen LogP contribution < -0.4 is 34.5 Å². The van der Waals surface area contributed by atoms with Gasteiger partial charge >= 0.3 is 29.6 Å². The molecule has 5 unspecified atom stereocenters. The summed E-state index contributed by atoms with van der Waals surface area (Å²) in [7, 11) is -5.05. The zero-order valence-corrected chi connectivity index (χ0v) is 11.8. The van der Waals surface area contributed by atoms with Gasteiger partial charge in [0.1, 0.15) is 24.4 Å². The van der Waals surface area contributed by atoms with Crippen molar-refractivity contribution >= 4 is 14.1 Å². The Balaban J connectivity index is 0. The van der Waals surface area contributed by atoms with Gasteiger partial charge in [0.15, 0.2) is 6.29 Å². The quantitative estimate of drug-likeness (QED) is 0.173. The first-order valence-corrected chi connectivity index (χ1v) is 5.54. The van der Waals surface area contributed by atoms with Crippen molar-refractivity contribution < 1.29 is 73.7 Å². The minimum absolute atomic E-state index is 0. The van der Waals surface area contributed by atoms with Crippen molar-refractivity contribution in [2.24, 2.45) is 0 Å². The van der Waals surface area contributed by atoms with Gasteiger partial charge < -0.3 is 39.5 Å². The molecule has 0 aliphatic carbocycles. The molecule has 0 bridgehead atoms. The number of aldehydes is 1. The summed E-state index contributed by atoms with van der Waals surface area (Å²) in [5.41, 5.74) is 0. The molecule has 0 aromatic heterocycles. The van der Waals surface area contributed by atoms with Crippen LogP contribution in [0.15, 0.2) is 0 Å². The minimum atomic E-state index is -5.05.